The second-order valence-electron chi connectivity index (χ2n) is 6.24. The van der Waals surface area contributed by atoms with E-state index in [1.54, 1.807) is 13.0 Å². The van der Waals surface area contributed by atoms with E-state index in [9.17, 15) is 14.4 Å². The van der Waals surface area contributed by atoms with Gasteiger partial charge in [-0.2, -0.15) is 10.4 Å². The van der Waals surface area contributed by atoms with Crippen molar-refractivity contribution < 1.29 is 19.1 Å². The van der Waals surface area contributed by atoms with Crippen molar-refractivity contribution in [3.8, 4) is 17.7 Å². The molecule has 2 rings (SSSR count). The number of carbonyl (C=O) groups excluding carboxylic acids is 2. The first-order valence-electron chi connectivity index (χ1n) is 8.45. The highest BCUT2D eigenvalue weighted by Crippen LogP contribution is 2.35. The summed E-state index contributed by atoms with van der Waals surface area (Å²) in [5, 5.41) is 18.9. The van der Waals surface area contributed by atoms with E-state index in [4.69, 9.17) is 27.3 Å². The molecule has 1 amide bonds. The molecule has 1 aromatic heterocycles. The number of amides is 1. The van der Waals surface area contributed by atoms with Gasteiger partial charge in [-0.3, -0.25) is 10.2 Å². The number of benzene rings is 1. The smallest absolute Gasteiger partial charge is 0.412 e. The summed E-state index contributed by atoms with van der Waals surface area (Å²) in [5.41, 5.74) is 7.56. The number of aromatic amines is 1. The lowest BCUT2D eigenvalue weighted by molar-refractivity contribution is -0.129. The van der Waals surface area contributed by atoms with E-state index >= 15 is 0 Å². The number of nitrogens with zero attached hydrogens (tertiary/aromatic N) is 3. The SMILES string of the molecule is Cc1cc(NN=C(C#N)C(=O)OC(N)=O)cc(Cl)c1Oc1cc(C(C)C)c(=O)[nH]n1. The van der Waals surface area contributed by atoms with Crippen LogP contribution >= 0.6 is 11.6 Å². The number of primary amides is 1. The van der Waals surface area contributed by atoms with Gasteiger partial charge in [-0.15, -0.1) is 5.10 Å². The van der Waals surface area contributed by atoms with Gasteiger partial charge in [0.25, 0.3) is 5.56 Å². The lowest BCUT2D eigenvalue weighted by Gasteiger charge is -2.13. The number of nitrogens with one attached hydrogen (secondary N) is 2. The first kappa shape index (κ1) is 22.4. The van der Waals surface area contributed by atoms with E-state index in [1.807, 2.05) is 13.8 Å². The summed E-state index contributed by atoms with van der Waals surface area (Å²) >= 11 is 6.27. The van der Waals surface area contributed by atoms with Crippen LogP contribution in [0.2, 0.25) is 5.02 Å². The number of hydrogen-bond donors (Lipinski definition) is 3. The van der Waals surface area contributed by atoms with Crippen LogP contribution in [0.15, 0.2) is 28.1 Å². The van der Waals surface area contributed by atoms with Crippen molar-refractivity contribution in [3.05, 3.63) is 44.7 Å². The van der Waals surface area contributed by atoms with Gasteiger partial charge in [-0.25, -0.2) is 14.7 Å². The number of aromatic nitrogens is 2. The Morgan fingerprint density at radius 1 is 1.37 bits per heavy atom. The predicted molar refractivity (Wildman–Crippen MR) is 108 cm³/mol. The number of H-pyrrole nitrogens is 1. The Morgan fingerprint density at radius 3 is 2.63 bits per heavy atom. The molecule has 0 saturated carbocycles. The Balaban J connectivity index is 2.26. The van der Waals surface area contributed by atoms with Crippen molar-refractivity contribution in [1.29, 1.82) is 5.26 Å². The van der Waals surface area contributed by atoms with E-state index in [0.717, 1.165) is 0 Å². The number of halogens is 1. The first-order chi connectivity index (χ1) is 14.1. The second-order valence-corrected chi connectivity index (χ2v) is 6.65. The zero-order valence-electron chi connectivity index (χ0n) is 16.1. The van der Waals surface area contributed by atoms with Crippen molar-refractivity contribution in [3.63, 3.8) is 0 Å². The molecule has 0 fully saturated rings. The van der Waals surface area contributed by atoms with Crippen molar-refractivity contribution in [2.45, 2.75) is 26.7 Å². The minimum Gasteiger partial charge on any atom is -0.436 e. The number of nitrogens with two attached hydrogens (primary N) is 1. The Kier molecular flexibility index (Phi) is 7.11. The standard InChI is InChI=1S/C18H17ClN6O5/c1-8(2)11-6-14(24-25-16(11)26)29-15-9(3)4-10(5-12(15)19)22-23-13(7-20)17(27)30-18(21)28/h4-6,8,22H,1-3H3,(H2,21,28)(H,25,26). The molecule has 1 heterocycles. The maximum Gasteiger partial charge on any atom is 0.412 e. The van der Waals surface area contributed by atoms with Gasteiger partial charge in [0.15, 0.2) is 5.75 Å². The average Bonchev–Trinajstić information content (AvgIpc) is 2.65. The summed E-state index contributed by atoms with van der Waals surface area (Å²) in [7, 11) is 0. The van der Waals surface area contributed by atoms with Crippen molar-refractivity contribution in [2.75, 3.05) is 5.43 Å². The Bertz CT molecular complexity index is 1100. The normalized spacial score (nSPS) is 11.0. The van der Waals surface area contributed by atoms with E-state index in [-0.39, 0.29) is 28.1 Å². The topological polar surface area (TPSA) is 173 Å². The zero-order chi connectivity index (χ0) is 22.4. The highest BCUT2D eigenvalue weighted by Gasteiger charge is 2.17. The number of ether oxygens (including phenoxy) is 2. The van der Waals surface area contributed by atoms with E-state index < -0.39 is 17.8 Å². The molecule has 0 atom stereocenters. The molecule has 0 aliphatic carbocycles. The molecule has 0 unspecified atom stereocenters. The van der Waals surface area contributed by atoms with E-state index in [1.165, 1.54) is 18.2 Å². The molecule has 0 radical (unpaired) electrons. The van der Waals surface area contributed by atoms with Gasteiger partial charge in [0.05, 0.1) is 10.7 Å². The molecule has 0 spiro atoms. The third kappa shape index (κ3) is 5.55. The molecule has 0 saturated heterocycles. The predicted octanol–water partition coefficient (Wildman–Crippen LogP) is 2.56. The maximum absolute atomic E-state index is 11.8. The lowest BCUT2D eigenvalue weighted by Crippen LogP contribution is -2.24. The Labute approximate surface area is 175 Å². The molecule has 1 aromatic carbocycles. The molecule has 4 N–H and O–H groups in total. The molecule has 2 aromatic rings. The summed E-state index contributed by atoms with van der Waals surface area (Å²) in [6.07, 6.45) is -1.36. The molecule has 0 aliphatic heterocycles. The number of aryl methyl sites for hydroxylation is 1. The highest BCUT2D eigenvalue weighted by atomic mass is 35.5. The van der Waals surface area contributed by atoms with Gasteiger partial charge >= 0.3 is 12.1 Å². The molecule has 156 valence electrons. The summed E-state index contributed by atoms with van der Waals surface area (Å²) in [4.78, 5) is 33.9. The Hall–Kier alpha value is -3.91. The molecule has 11 nitrogen and oxygen atoms in total. The van der Waals surface area contributed by atoms with E-state index in [2.05, 4.69) is 25.5 Å². The van der Waals surface area contributed by atoms with Gasteiger partial charge in [-0.05, 0) is 30.5 Å². The van der Waals surface area contributed by atoms with Gasteiger partial charge in [0, 0.05) is 11.6 Å². The summed E-state index contributed by atoms with van der Waals surface area (Å²) in [6.45, 7) is 5.42. The van der Waals surface area contributed by atoms with Crippen molar-refractivity contribution in [2.24, 2.45) is 10.8 Å². The first-order valence-corrected chi connectivity index (χ1v) is 8.83. The molecular formula is C18H17ClN6O5. The quantitative estimate of drug-likeness (QED) is 0.270. The number of hydrazone groups is 1. The average molecular weight is 433 g/mol. The molecule has 0 aliphatic rings. The van der Waals surface area contributed by atoms with E-state index in [0.29, 0.717) is 16.8 Å². The highest BCUT2D eigenvalue weighted by molar-refractivity contribution is 6.44. The number of hydrogen-bond acceptors (Lipinski definition) is 9. The van der Waals surface area contributed by atoms with Crippen LogP contribution in [0.4, 0.5) is 10.5 Å². The molecule has 12 heteroatoms. The fourth-order valence-corrected chi connectivity index (χ4v) is 2.59. The fourth-order valence-electron chi connectivity index (χ4n) is 2.29. The number of esters is 1. The van der Waals surface area contributed by atoms with Crippen LogP contribution in [-0.4, -0.2) is 28.0 Å². The molecule has 0 bridgehead atoms. The third-order valence-electron chi connectivity index (χ3n) is 3.66. The minimum atomic E-state index is -1.36. The van der Waals surface area contributed by atoms with Crippen LogP contribution < -0.4 is 21.5 Å². The van der Waals surface area contributed by atoms with Crippen LogP contribution in [0.25, 0.3) is 0 Å². The van der Waals surface area contributed by atoms with Gasteiger partial charge in [0.2, 0.25) is 11.6 Å². The van der Waals surface area contributed by atoms with Crippen molar-refractivity contribution >= 4 is 35.1 Å². The van der Waals surface area contributed by atoms with Crippen LogP contribution in [0.5, 0.6) is 11.6 Å². The largest absolute Gasteiger partial charge is 0.436 e. The van der Waals surface area contributed by atoms with Gasteiger partial charge in [0.1, 0.15) is 6.07 Å². The van der Waals surface area contributed by atoms with Crippen LogP contribution in [0.1, 0.15) is 30.9 Å². The Morgan fingerprint density at radius 2 is 2.07 bits per heavy atom. The van der Waals surface area contributed by atoms with Crippen LogP contribution in [0, 0.1) is 18.3 Å². The molecular weight excluding hydrogens is 416 g/mol. The number of nitriles is 1. The fraction of sp³-hybridized carbons (Fsp3) is 0.222. The minimum absolute atomic E-state index is 0.0318. The monoisotopic (exact) mass is 432 g/mol. The van der Waals surface area contributed by atoms with Crippen LogP contribution in [0.3, 0.4) is 0 Å². The second kappa shape index (κ2) is 9.53. The van der Waals surface area contributed by atoms with Gasteiger partial charge in [-0.1, -0.05) is 25.4 Å². The summed E-state index contributed by atoms with van der Waals surface area (Å²) < 4.78 is 9.80. The number of carbonyl (C=O) groups is 2. The lowest BCUT2D eigenvalue weighted by atomic mass is 10.1. The number of anilines is 1. The summed E-state index contributed by atoms with van der Waals surface area (Å²) in [5.74, 6) is -0.891. The maximum atomic E-state index is 11.8. The molecule has 30 heavy (non-hydrogen) atoms. The third-order valence-corrected chi connectivity index (χ3v) is 3.94. The number of rotatable bonds is 6. The van der Waals surface area contributed by atoms with Crippen LogP contribution in [-0.2, 0) is 9.53 Å². The zero-order valence-corrected chi connectivity index (χ0v) is 16.9. The van der Waals surface area contributed by atoms with Crippen molar-refractivity contribution in [1.82, 2.24) is 10.2 Å². The summed E-state index contributed by atoms with van der Waals surface area (Å²) in [6, 6.07) is 6.01. The van der Waals surface area contributed by atoms with Gasteiger partial charge < -0.3 is 15.2 Å².